The average Bonchev–Trinajstić information content (AvgIpc) is 2.93. The van der Waals surface area contributed by atoms with Gasteiger partial charge >= 0.3 is 0 Å². The predicted octanol–water partition coefficient (Wildman–Crippen LogP) is 4.42. The quantitative estimate of drug-likeness (QED) is 0.764. The van der Waals surface area contributed by atoms with Gasteiger partial charge in [0.2, 0.25) is 0 Å². The summed E-state index contributed by atoms with van der Waals surface area (Å²) >= 11 is 0. The Kier molecular flexibility index (Phi) is 4.53. The average molecular weight is 336 g/mol. The number of hydrogen-bond acceptors (Lipinski definition) is 2. The third-order valence-corrected chi connectivity index (χ3v) is 5.87. The highest BCUT2D eigenvalue weighted by atomic mass is 16.3. The first-order valence-corrected chi connectivity index (χ1v) is 9.55. The van der Waals surface area contributed by atoms with Crippen molar-refractivity contribution in [3.8, 4) is 0 Å². The first-order chi connectivity index (χ1) is 12.1. The van der Waals surface area contributed by atoms with E-state index in [9.17, 15) is 5.11 Å². The number of aromatic nitrogens is 1. The van der Waals surface area contributed by atoms with Gasteiger partial charge < -0.3 is 9.67 Å². The molecule has 4 rings (SSSR count). The second-order valence-electron chi connectivity index (χ2n) is 7.62. The number of β-amino-alcohol motifs (C(OH)–C–C–N with tert-alkyl or cyclic N) is 1. The predicted molar refractivity (Wildman–Crippen MR) is 105 cm³/mol. The molecule has 3 nitrogen and oxygen atoms in total. The molecule has 1 aliphatic heterocycles. The number of piperidine rings is 1. The molecule has 132 valence electrons. The van der Waals surface area contributed by atoms with Crippen molar-refractivity contribution in [1.82, 2.24) is 9.47 Å². The van der Waals surface area contributed by atoms with Crippen molar-refractivity contribution in [3.05, 3.63) is 48.5 Å². The van der Waals surface area contributed by atoms with Gasteiger partial charge in [0.25, 0.3) is 0 Å². The molecule has 1 aromatic heterocycles. The molecule has 0 bridgehead atoms. The Bertz CT molecular complexity index is 805. The number of hydrogen-bond donors (Lipinski definition) is 1. The Morgan fingerprint density at radius 1 is 0.880 bits per heavy atom. The summed E-state index contributed by atoms with van der Waals surface area (Å²) < 4.78 is 2.29. The summed E-state index contributed by atoms with van der Waals surface area (Å²) in [5, 5.41) is 13.4. The first kappa shape index (κ1) is 16.6. The molecule has 0 amide bonds. The second-order valence-corrected chi connectivity index (χ2v) is 7.62. The van der Waals surface area contributed by atoms with Gasteiger partial charge in [0.05, 0.1) is 12.6 Å². The van der Waals surface area contributed by atoms with E-state index in [4.69, 9.17) is 0 Å². The van der Waals surface area contributed by atoms with Crippen LogP contribution in [0.3, 0.4) is 0 Å². The lowest BCUT2D eigenvalue weighted by Gasteiger charge is -2.40. The van der Waals surface area contributed by atoms with Crippen LogP contribution < -0.4 is 0 Å². The molecule has 0 radical (unpaired) electrons. The van der Waals surface area contributed by atoms with Crippen LogP contribution in [0.15, 0.2) is 48.5 Å². The second kappa shape index (κ2) is 6.81. The summed E-state index contributed by atoms with van der Waals surface area (Å²) in [6.07, 6.45) is 3.43. The molecule has 3 heteroatoms. The fourth-order valence-electron chi connectivity index (χ4n) is 4.55. The van der Waals surface area contributed by atoms with Gasteiger partial charge in [0, 0.05) is 40.4 Å². The van der Waals surface area contributed by atoms with Crippen molar-refractivity contribution >= 4 is 21.8 Å². The SMILES string of the molecule is C[C@H]1CCC[C@H](C)N1C[C@@H](O)Cn1c2ccccc2c2ccccc21. The van der Waals surface area contributed by atoms with Gasteiger partial charge in [-0.25, -0.2) is 0 Å². The lowest BCUT2D eigenvalue weighted by molar-refractivity contribution is 0.0357. The van der Waals surface area contributed by atoms with Gasteiger partial charge in [0.1, 0.15) is 0 Å². The van der Waals surface area contributed by atoms with E-state index in [1.54, 1.807) is 0 Å². The monoisotopic (exact) mass is 336 g/mol. The smallest absolute Gasteiger partial charge is 0.0846 e. The van der Waals surface area contributed by atoms with Gasteiger partial charge in [-0.2, -0.15) is 0 Å². The topological polar surface area (TPSA) is 28.4 Å². The van der Waals surface area contributed by atoms with Crippen LogP contribution in [0, 0.1) is 0 Å². The minimum Gasteiger partial charge on any atom is -0.390 e. The van der Waals surface area contributed by atoms with Crippen molar-refractivity contribution < 1.29 is 5.11 Å². The Labute approximate surface area is 149 Å². The van der Waals surface area contributed by atoms with Crippen LogP contribution in [0.4, 0.5) is 0 Å². The molecule has 0 spiro atoms. The normalized spacial score (nSPS) is 23.3. The molecule has 0 aliphatic carbocycles. The van der Waals surface area contributed by atoms with E-state index in [1.807, 2.05) is 0 Å². The molecule has 2 heterocycles. The molecule has 0 unspecified atom stereocenters. The van der Waals surface area contributed by atoms with Crippen LogP contribution >= 0.6 is 0 Å². The maximum atomic E-state index is 10.9. The van der Waals surface area contributed by atoms with E-state index in [2.05, 4.69) is 71.8 Å². The number of para-hydroxylation sites is 2. The molecule has 3 aromatic rings. The number of aliphatic hydroxyl groups excluding tert-OH is 1. The lowest BCUT2D eigenvalue weighted by Crippen LogP contribution is -2.48. The summed E-state index contributed by atoms with van der Waals surface area (Å²) in [6.45, 7) is 5.98. The van der Waals surface area contributed by atoms with Crippen molar-refractivity contribution in [2.45, 2.75) is 57.8 Å². The number of rotatable bonds is 4. The summed E-state index contributed by atoms with van der Waals surface area (Å²) in [7, 11) is 0. The number of nitrogens with zero attached hydrogens (tertiary/aromatic N) is 2. The van der Waals surface area contributed by atoms with E-state index < -0.39 is 0 Å². The van der Waals surface area contributed by atoms with E-state index in [-0.39, 0.29) is 6.10 Å². The van der Waals surface area contributed by atoms with Crippen molar-refractivity contribution in [2.75, 3.05) is 6.54 Å². The first-order valence-electron chi connectivity index (χ1n) is 9.55. The molecule has 0 saturated carbocycles. The molecule has 1 aliphatic rings. The van der Waals surface area contributed by atoms with Crippen LogP contribution in [-0.4, -0.2) is 39.3 Å². The number of fused-ring (bicyclic) bond motifs is 3. The Morgan fingerprint density at radius 3 is 1.96 bits per heavy atom. The largest absolute Gasteiger partial charge is 0.390 e. The standard InChI is InChI=1S/C22H28N2O/c1-16-8-7-9-17(2)23(16)14-18(25)15-24-21-12-5-3-10-19(21)20-11-4-6-13-22(20)24/h3-6,10-13,16-18,25H,7-9,14-15H2,1-2H3/t16-,17-,18+/m0/s1. The summed E-state index contributed by atoms with van der Waals surface area (Å²) in [5.41, 5.74) is 2.42. The van der Waals surface area contributed by atoms with Gasteiger partial charge in [0.15, 0.2) is 0 Å². The summed E-state index contributed by atoms with van der Waals surface area (Å²) in [4.78, 5) is 2.49. The highest BCUT2D eigenvalue weighted by Crippen LogP contribution is 2.29. The fraction of sp³-hybridized carbons (Fsp3) is 0.455. The lowest BCUT2D eigenvalue weighted by atomic mass is 9.97. The van der Waals surface area contributed by atoms with Crippen LogP contribution in [0.2, 0.25) is 0 Å². The van der Waals surface area contributed by atoms with Gasteiger partial charge in [-0.05, 0) is 38.8 Å². The van der Waals surface area contributed by atoms with E-state index in [0.717, 1.165) is 6.54 Å². The maximum Gasteiger partial charge on any atom is 0.0846 e. The Balaban J connectivity index is 1.63. The Morgan fingerprint density at radius 2 is 1.40 bits per heavy atom. The summed E-state index contributed by atoms with van der Waals surface area (Å²) in [6, 6.07) is 18.2. The van der Waals surface area contributed by atoms with E-state index in [1.165, 1.54) is 41.1 Å². The minimum absolute atomic E-state index is 0.359. The van der Waals surface area contributed by atoms with Crippen molar-refractivity contribution in [3.63, 3.8) is 0 Å². The molecule has 1 saturated heterocycles. The highest BCUT2D eigenvalue weighted by molar-refractivity contribution is 6.07. The number of benzene rings is 2. The zero-order chi connectivity index (χ0) is 17.4. The summed E-state index contributed by atoms with van der Waals surface area (Å²) in [5.74, 6) is 0. The zero-order valence-corrected chi connectivity index (χ0v) is 15.2. The molecule has 3 atom stereocenters. The minimum atomic E-state index is -0.359. The van der Waals surface area contributed by atoms with E-state index >= 15 is 0 Å². The van der Waals surface area contributed by atoms with Crippen molar-refractivity contribution in [2.24, 2.45) is 0 Å². The fourth-order valence-corrected chi connectivity index (χ4v) is 4.55. The number of aliphatic hydroxyl groups is 1. The number of likely N-dealkylation sites (tertiary alicyclic amines) is 1. The van der Waals surface area contributed by atoms with Gasteiger partial charge in [-0.3, -0.25) is 4.90 Å². The van der Waals surface area contributed by atoms with Crippen molar-refractivity contribution in [1.29, 1.82) is 0 Å². The van der Waals surface area contributed by atoms with Crippen LogP contribution in [0.25, 0.3) is 21.8 Å². The van der Waals surface area contributed by atoms with Crippen LogP contribution in [0.1, 0.15) is 33.1 Å². The molecular weight excluding hydrogens is 308 g/mol. The molecule has 1 N–H and O–H groups in total. The third-order valence-electron chi connectivity index (χ3n) is 5.87. The van der Waals surface area contributed by atoms with E-state index in [0.29, 0.717) is 18.6 Å². The maximum absolute atomic E-state index is 10.9. The molecule has 25 heavy (non-hydrogen) atoms. The van der Waals surface area contributed by atoms with Crippen LogP contribution in [-0.2, 0) is 6.54 Å². The van der Waals surface area contributed by atoms with Gasteiger partial charge in [-0.15, -0.1) is 0 Å². The molecular formula is C22H28N2O. The highest BCUT2D eigenvalue weighted by Gasteiger charge is 2.26. The zero-order valence-electron chi connectivity index (χ0n) is 15.2. The molecule has 2 aromatic carbocycles. The molecule has 1 fully saturated rings. The van der Waals surface area contributed by atoms with Gasteiger partial charge in [-0.1, -0.05) is 42.8 Å². The Hall–Kier alpha value is -1.84. The van der Waals surface area contributed by atoms with Crippen LogP contribution in [0.5, 0.6) is 0 Å². The third kappa shape index (κ3) is 3.07.